The standard InChI is InChI=1S/C10H17NO2/c1-10(2,3)11-9(12)7-8-5-4-6-13-8/h4-5,8H,6-7H2,1-3H3,(H,11,12). The molecule has 74 valence electrons. The van der Waals surface area contributed by atoms with E-state index in [-0.39, 0.29) is 17.6 Å². The highest BCUT2D eigenvalue weighted by Gasteiger charge is 2.18. The minimum atomic E-state index is -0.153. The van der Waals surface area contributed by atoms with Crippen LogP contribution in [0, 0.1) is 0 Å². The summed E-state index contributed by atoms with van der Waals surface area (Å²) in [4.78, 5) is 11.4. The van der Waals surface area contributed by atoms with Gasteiger partial charge in [-0.25, -0.2) is 0 Å². The van der Waals surface area contributed by atoms with E-state index < -0.39 is 0 Å². The van der Waals surface area contributed by atoms with Crippen LogP contribution in [0.2, 0.25) is 0 Å². The summed E-state index contributed by atoms with van der Waals surface area (Å²) in [5, 5.41) is 2.89. The predicted octanol–water partition coefficient (Wildman–Crippen LogP) is 1.25. The topological polar surface area (TPSA) is 38.3 Å². The Kier molecular flexibility index (Phi) is 3.09. The molecule has 1 amide bonds. The van der Waals surface area contributed by atoms with Gasteiger partial charge in [0, 0.05) is 5.54 Å². The van der Waals surface area contributed by atoms with Crippen LogP contribution in [0.4, 0.5) is 0 Å². The molecule has 0 radical (unpaired) electrons. The maximum atomic E-state index is 11.4. The molecule has 3 heteroatoms. The van der Waals surface area contributed by atoms with E-state index in [4.69, 9.17) is 4.74 Å². The molecule has 1 aliphatic rings. The molecule has 1 heterocycles. The van der Waals surface area contributed by atoms with Crippen molar-refractivity contribution in [2.45, 2.75) is 38.8 Å². The van der Waals surface area contributed by atoms with Gasteiger partial charge in [-0.15, -0.1) is 0 Å². The van der Waals surface area contributed by atoms with E-state index in [0.717, 1.165) is 0 Å². The van der Waals surface area contributed by atoms with Crippen LogP contribution in [0.25, 0.3) is 0 Å². The van der Waals surface area contributed by atoms with Crippen LogP contribution in [0.15, 0.2) is 12.2 Å². The first-order valence-electron chi connectivity index (χ1n) is 4.57. The third-order valence-corrected chi connectivity index (χ3v) is 1.66. The third kappa shape index (κ3) is 4.08. The first kappa shape index (κ1) is 10.3. The molecule has 0 fully saturated rings. The highest BCUT2D eigenvalue weighted by molar-refractivity contribution is 5.77. The third-order valence-electron chi connectivity index (χ3n) is 1.66. The molecule has 13 heavy (non-hydrogen) atoms. The van der Waals surface area contributed by atoms with Crippen molar-refractivity contribution >= 4 is 5.91 Å². The second-order valence-corrected chi connectivity index (χ2v) is 4.30. The Labute approximate surface area is 79.2 Å². The monoisotopic (exact) mass is 183 g/mol. The highest BCUT2D eigenvalue weighted by atomic mass is 16.5. The largest absolute Gasteiger partial charge is 0.370 e. The fourth-order valence-electron chi connectivity index (χ4n) is 1.22. The quantitative estimate of drug-likeness (QED) is 0.654. The first-order chi connectivity index (χ1) is 5.97. The van der Waals surface area contributed by atoms with E-state index >= 15 is 0 Å². The number of hydrogen-bond donors (Lipinski definition) is 1. The predicted molar refractivity (Wildman–Crippen MR) is 51.4 cm³/mol. The van der Waals surface area contributed by atoms with Crippen LogP contribution in [0.3, 0.4) is 0 Å². The van der Waals surface area contributed by atoms with Gasteiger partial charge < -0.3 is 10.1 Å². The lowest BCUT2D eigenvalue weighted by atomic mass is 10.1. The van der Waals surface area contributed by atoms with Crippen LogP contribution < -0.4 is 5.32 Å². The Hall–Kier alpha value is -0.830. The van der Waals surface area contributed by atoms with Gasteiger partial charge in [0.25, 0.3) is 0 Å². The number of ether oxygens (including phenoxy) is 1. The van der Waals surface area contributed by atoms with Gasteiger partial charge in [0.15, 0.2) is 0 Å². The molecule has 0 aromatic rings. The Morgan fingerprint density at radius 1 is 1.62 bits per heavy atom. The maximum absolute atomic E-state index is 11.4. The zero-order chi connectivity index (χ0) is 9.90. The van der Waals surface area contributed by atoms with Crippen molar-refractivity contribution in [3.63, 3.8) is 0 Å². The van der Waals surface area contributed by atoms with E-state index in [9.17, 15) is 4.79 Å². The zero-order valence-corrected chi connectivity index (χ0v) is 8.46. The molecule has 3 nitrogen and oxygen atoms in total. The van der Waals surface area contributed by atoms with Crippen molar-refractivity contribution in [2.24, 2.45) is 0 Å². The van der Waals surface area contributed by atoms with Gasteiger partial charge in [-0.3, -0.25) is 4.79 Å². The van der Waals surface area contributed by atoms with E-state index in [1.54, 1.807) is 0 Å². The SMILES string of the molecule is CC(C)(C)NC(=O)CC1C=CCO1. The minimum absolute atomic E-state index is 0.0256. The van der Waals surface area contributed by atoms with Gasteiger partial charge in [-0.1, -0.05) is 12.2 Å². The summed E-state index contributed by atoms with van der Waals surface area (Å²) >= 11 is 0. The summed E-state index contributed by atoms with van der Waals surface area (Å²) in [7, 11) is 0. The Balaban J connectivity index is 2.29. The van der Waals surface area contributed by atoms with Gasteiger partial charge in [0.1, 0.15) is 0 Å². The molecular formula is C10H17NO2. The Morgan fingerprint density at radius 2 is 2.31 bits per heavy atom. The van der Waals surface area contributed by atoms with Crippen molar-refractivity contribution in [1.82, 2.24) is 5.32 Å². The first-order valence-corrected chi connectivity index (χ1v) is 4.57. The van der Waals surface area contributed by atoms with Crippen LogP contribution in [-0.2, 0) is 9.53 Å². The fraction of sp³-hybridized carbons (Fsp3) is 0.700. The number of rotatable bonds is 2. The molecule has 0 saturated carbocycles. The van der Waals surface area contributed by atoms with Crippen LogP contribution in [0.1, 0.15) is 27.2 Å². The van der Waals surface area contributed by atoms with Crippen molar-refractivity contribution in [3.05, 3.63) is 12.2 Å². The summed E-state index contributed by atoms with van der Waals surface area (Å²) < 4.78 is 5.27. The normalized spacial score (nSPS) is 21.9. The van der Waals surface area contributed by atoms with Gasteiger partial charge in [0.05, 0.1) is 19.1 Å². The Bertz CT molecular complexity index is 215. The van der Waals surface area contributed by atoms with Crippen molar-refractivity contribution in [2.75, 3.05) is 6.61 Å². The van der Waals surface area contributed by atoms with Crippen LogP contribution in [-0.4, -0.2) is 24.2 Å². The summed E-state index contributed by atoms with van der Waals surface area (Å²) in [6.07, 6.45) is 4.27. The maximum Gasteiger partial charge on any atom is 0.223 e. The molecule has 0 aliphatic carbocycles. The van der Waals surface area contributed by atoms with Gasteiger partial charge in [-0.05, 0) is 20.8 Å². The summed E-state index contributed by atoms with van der Waals surface area (Å²) in [5.41, 5.74) is -0.153. The smallest absolute Gasteiger partial charge is 0.223 e. The molecule has 0 aromatic heterocycles. The number of nitrogens with one attached hydrogen (secondary N) is 1. The van der Waals surface area contributed by atoms with Gasteiger partial charge in [0.2, 0.25) is 5.91 Å². The second-order valence-electron chi connectivity index (χ2n) is 4.30. The number of carbonyl (C=O) groups excluding carboxylic acids is 1. The molecule has 0 aromatic carbocycles. The number of carbonyl (C=O) groups is 1. The molecule has 1 N–H and O–H groups in total. The molecule has 0 saturated heterocycles. The highest BCUT2D eigenvalue weighted by Crippen LogP contribution is 2.08. The molecule has 1 aliphatic heterocycles. The lowest BCUT2D eigenvalue weighted by molar-refractivity contribution is -0.124. The summed E-state index contributed by atoms with van der Waals surface area (Å²) in [6, 6.07) is 0. The molecule has 0 spiro atoms. The molecule has 1 atom stereocenters. The van der Waals surface area contributed by atoms with E-state index in [2.05, 4.69) is 5.32 Å². The van der Waals surface area contributed by atoms with Gasteiger partial charge >= 0.3 is 0 Å². The summed E-state index contributed by atoms with van der Waals surface area (Å²) in [5.74, 6) is 0.0454. The lowest BCUT2D eigenvalue weighted by Gasteiger charge is -2.21. The average Bonchev–Trinajstić information content (AvgIpc) is 2.34. The Morgan fingerprint density at radius 3 is 2.77 bits per heavy atom. The lowest BCUT2D eigenvalue weighted by Crippen LogP contribution is -2.41. The number of hydrogen-bond acceptors (Lipinski definition) is 2. The van der Waals surface area contributed by atoms with Crippen molar-refractivity contribution in [3.8, 4) is 0 Å². The van der Waals surface area contributed by atoms with E-state index in [1.807, 2.05) is 32.9 Å². The summed E-state index contributed by atoms with van der Waals surface area (Å²) in [6.45, 7) is 6.54. The average molecular weight is 183 g/mol. The van der Waals surface area contributed by atoms with E-state index in [0.29, 0.717) is 13.0 Å². The molecule has 1 unspecified atom stereocenters. The van der Waals surface area contributed by atoms with Gasteiger partial charge in [-0.2, -0.15) is 0 Å². The zero-order valence-electron chi connectivity index (χ0n) is 8.46. The van der Waals surface area contributed by atoms with Crippen molar-refractivity contribution in [1.29, 1.82) is 0 Å². The van der Waals surface area contributed by atoms with E-state index in [1.165, 1.54) is 0 Å². The fourth-order valence-corrected chi connectivity index (χ4v) is 1.22. The van der Waals surface area contributed by atoms with Crippen molar-refractivity contribution < 1.29 is 9.53 Å². The molecular weight excluding hydrogens is 166 g/mol. The molecule has 0 bridgehead atoms. The van der Waals surface area contributed by atoms with Crippen LogP contribution >= 0.6 is 0 Å². The second kappa shape index (κ2) is 3.92. The minimum Gasteiger partial charge on any atom is -0.370 e. The number of amides is 1. The molecule has 1 rings (SSSR count). The van der Waals surface area contributed by atoms with Crippen LogP contribution in [0.5, 0.6) is 0 Å².